The zero-order valence-electron chi connectivity index (χ0n) is 16.7. The highest BCUT2D eigenvalue weighted by Crippen LogP contribution is 2.37. The van der Waals surface area contributed by atoms with Crippen molar-refractivity contribution in [2.24, 2.45) is 0 Å². The van der Waals surface area contributed by atoms with E-state index in [1.54, 1.807) is 0 Å². The lowest BCUT2D eigenvalue weighted by atomic mass is 9.73. The number of aryl methyl sites for hydroxylation is 1. The fourth-order valence-corrected chi connectivity index (χ4v) is 3.69. The van der Waals surface area contributed by atoms with E-state index < -0.39 is 0 Å². The second kappa shape index (κ2) is 7.21. The molecule has 0 spiro atoms. The molecule has 2 nitrogen and oxygen atoms in total. The third-order valence-electron chi connectivity index (χ3n) is 5.19. The zero-order valence-corrected chi connectivity index (χ0v) is 16.7. The number of fused-ring (bicyclic) bond motifs is 1. The summed E-state index contributed by atoms with van der Waals surface area (Å²) in [5.74, 6) is 0. The van der Waals surface area contributed by atoms with Gasteiger partial charge in [-0.15, -0.1) is 0 Å². The summed E-state index contributed by atoms with van der Waals surface area (Å²) in [4.78, 5) is 9.62. The van der Waals surface area contributed by atoms with Gasteiger partial charge in [-0.3, -0.25) is 4.98 Å². The van der Waals surface area contributed by atoms with Gasteiger partial charge in [0.05, 0.1) is 16.7 Å². The number of unbranched alkanes of at least 4 members (excludes halogenated alkanes) is 1. The first kappa shape index (κ1) is 18.9. The standard InChI is InChI=1S/C22H34N2/c1-8-10-12-22(7,11-9-2)17-14-18-19(13-16(17)3)24-20(15-23-18)21(4,5)6/h13-15H,8-12H2,1-7H3. The summed E-state index contributed by atoms with van der Waals surface area (Å²) in [6.45, 7) is 15.8. The van der Waals surface area contributed by atoms with Gasteiger partial charge in [0.2, 0.25) is 0 Å². The average molecular weight is 327 g/mol. The highest BCUT2D eigenvalue weighted by molar-refractivity contribution is 5.76. The predicted octanol–water partition coefficient (Wildman–Crippen LogP) is 6.48. The Balaban J connectivity index is 2.53. The fraction of sp³-hybridized carbons (Fsp3) is 0.636. The minimum atomic E-state index is 0.0334. The maximum atomic E-state index is 4.88. The molecule has 0 saturated carbocycles. The molecule has 1 aromatic heterocycles. The summed E-state index contributed by atoms with van der Waals surface area (Å²) in [5.41, 5.74) is 6.21. The van der Waals surface area contributed by atoms with Crippen LogP contribution in [0, 0.1) is 6.92 Å². The fourth-order valence-electron chi connectivity index (χ4n) is 3.69. The van der Waals surface area contributed by atoms with Crippen molar-refractivity contribution in [2.45, 2.75) is 91.4 Å². The van der Waals surface area contributed by atoms with E-state index in [0.717, 1.165) is 16.7 Å². The second-order valence-corrected chi connectivity index (χ2v) is 8.58. The molecular weight excluding hydrogens is 292 g/mol. The maximum absolute atomic E-state index is 4.88. The Labute approximate surface area is 148 Å². The molecule has 1 aromatic carbocycles. The van der Waals surface area contributed by atoms with Crippen LogP contribution in [-0.4, -0.2) is 9.97 Å². The molecule has 0 N–H and O–H groups in total. The highest BCUT2D eigenvalue weighted by Gasteiger charge is 2.27. The van der Waals surface area contributed by atoms with Crippen molar-refractivity contribution in [2.75, 3.05) is 0 Å². The van der Waals surface area contributed by atoms with Crippen molar-refractivity contribution in [3.05, 3.63) is 35.2 Å². The van der Waals surface area contributed by atoms with Crippen LogP contribution in [0.2, 0.25) is 0 Å². The van der Waals surface area contributed by atoms with Gasteiger partial charge in [-0.25, -0.2) is 4.98 Å². The smallest absolute Gasteiger partial charge is 0.0893 e. The number of benzene rings is 1. The molecule has 0 fully saturated rings. The first-order valence-corrected chi connectivity index (χ1v) is 9.49. The summed E-state index contributed by atoms with van der Waals surface area (Å²) < 4.78 is 0. The van der Waals surface area contributed by atoms with Gasteiger partial charge in [0, 0.05) is 11.6 Å². The Morgan fingerprint density at radius 1 is 0.917 bits per heavy atom. The summed E-state index contributed by atoms with van der Waals surface area (Å²) in [5, 5.41) is 0. The van der Waals surface area contributed by atoms with Gasteiger partial charge >= 0.3 is 0 Å². The van der Waals surface area contributed by atoms with E-state index in [4.69, 9.17) is 9.97 Å². The molecule has 1 atom stereocenters. The quantitative estimate of drug-likeness (QED) is 0.607. The molecule has 132 valence electrons. The van der Waals surface area contributed by atoms with Crippen molar-refractivity contribution in [3.8, 4) is 0 Å². The summed E-state index contributed by atoms with van der Waals surface area (Å²) in [7, 11) is 0. The lowest BCUT2D eigenvalue weighted by Crippen LogP contribution is -2.23. The van der Waals surface area contributed by atoms with E-state index in [1.165, 1.54) is 43.2 Å². The normalized spacial score (nSPS) is 14.8. The largest absolute Gasteiger partial charge is 0.253 e. The highest BCUT2D eigenvalue weighted by atomic mass is 14.8. The van der Waals surface area contributed by atoms with E-state index in [2.05, 4.69) is 60.6 Å². The Hall–Kier alpha value is -1.44. The summed E-state index contributed by atoms with van der Waals surface area (Å²) in [6, 6.07) is 4.54. The van der Waals surface area contributed by atoms with Crippen LogP contribution in [-0.2, 0) is 10.8 Å². The molecule has 0 aliphatic rings. The van der Waals surface area contributed by atoms with Gasteiger partial charge < -0.3 is 0 Å². The predicted molar refractivity (Wildman–Crippen MR) is 105 cm³/mol. The van der Waals surface area contributed by atoms with Gasteiger partial charge in [-0.05, 0) is 48.4 Å². The van der Waals surface area contributed by atoms with Crippen molar-refractivity contribution in [3.63, 3.8) is 0 Å². The van der Waals surface area contributed by atoms with E-state index >= 15 is 0 Å². The van der Waals surface area contributed by atoms with Gasteiger partial charge in [-0.1, -0.05) is 60.8 Å². The Morgan fingerprint density at radius 2 is 1.62 bits per heavy atom. The van der Waals surface area contributed by atoms with Crippen LogP contribution in [0.4, 0.5) is 0 Å². The topological polar surface area (TPSA) is 25.8 Å². The van der Waals surface area contributed by atoms with Gasteiger partial charge in [0.1, 0.15) is 0 Å². The number of aromatic nitrogens is 2. The van der Waals surface area contributed by atoms with Crippen LogP contribution in [0.25, 0.3) is 11.0 Å². The van der Waals surface area contributed by atoms with Gasteiger partial charge in [-0.2, -0.15) is 0 Å². The third-order valence-corrected chi connectivity index (χ3v) is 5.19. The number of hydrogen-bond donors (Lipinski definition) is 0. The van der Waals surface area contributed by atoms with Gasteiger partial charge in [0.15, 0.2) is 0 Å². The molecular formula is C22H34N2. The van der Waals surface area contributed by atoms with Crippen LogP contribution in [0.1, 0.15) is 90.5 Å². The molecule has 2 heteroatoms. The minimum Gasteiger partial charge on any atom is -0.253 e. The number of nitrogens with zero attached hydrogens (tertiary/aromatic N) is 2. The summed E-state index contributed by atoms with van der Waals surface area (Å²) in [6.07, 6.45) is 8.17. The van der Waals surface area contributed by atoms with Crippen molar-refractivity contribution in [1.29, 1.82) is 0 Å². The molecule has 0 saturated heterocycles. The molecule has 24 heavy (non-hydrogen) atoms. The minimum absolute atomic E-state index is 0.0334. The first-order chi connectivity index (χ1) is 11.2. The summed E-state index contributed by atoms with van der Waals surface area (Å²) >= 11 is 0. The van der Waals surface area contributed by atoms with Crippen molar-refractivity contribution in [1.82, 2.24) is 9.97 Å². The number of rotatable bonds is 6. The monoisotopic (exact) mass is 326 g/mol. The lowest BCUT2D eigenvalue weighted by molar-refractivity contribution is 0.381. The molecule has 2 rings (SSSR count). The molecule has 0 aliphatic carbocycles. The maximum Gasteiger partial charge on any atom is 0.0893 e. The van der Waals surface area contributed by atoms with E-state index in [9.17, 15) is 0 Å². The van der Waals surface area contributed by atoms with Crippen LogP contribution < -0.4 is 0 Å². The zero-order chi connectivity index (χ0) is 18.0. The molecule has 1 heterocycles. The molecule has 0 bridgehead atoms. The molecule has 0 radical (unpaired) electrons. The van der Waals surface area contributed by atoms with Crippen LogP contribution in [0.15, 0.2) is 18.3 Å². The SMILES string of the molecule is CCCCC(C)(CCC)c1cc2ncc(C(C)(C)C)nc2cc1C. The van der Waals surface area contributed by atoms with E-state index in [-0.39, 0.29) is 10.8 Å². The third kappa shape index (κ3) is 3.96. The van der Waals surface area contributed by atoms with Crippen molar-refractivity contribution >= 4 is 11.0 Å². The van der Waals surface area contributed by atoms with E-state index in [1.807, 2.05) is 6.20 Å². The van der Waals surface area contributed by atoms with Crippen LogP contribution in [0.5, 0.6) is 0 Å². The average Bonchev–Trinajstić information content (AvgIpc) is 2.51. The Kier molecular flexibility index (Phi) is 5.67. The second-order valence-electron chi connectivity index (χ2n) is 8.58. The van der Waals surface area contributed by atoms with Crippen molar-refractivity contribution < 1.29 is 0 Å². The molecule has 2 aromatic rings. The Bertz CT molecular complexity index is 697. The van der Waals surface area contributed by atoms with Crippen LogP contribution >= 0.6 is 0 Å². The van der Waals surface area contributed by atoms with Gasteiger partial charge in [0.25, 0.3) is 0 Å². The molecule has 1 unspecified atom stereocenters. The van der Waals surface area contributed by atoms with Crippen LogP contribution in [0.3, 0.4) is 0 Å². The lowest BCUT2D eigenvalue weighted by Gasteiger charge is -2.32. The molecule has 0 aliphatic heterocycles. The number of hydrogen-bond acceptors (Lipinski definition) is 2. The van der Waals surface area contributed by atoms with E-state index in [0.29, 0.717) is 0 Å². The first-order valence-electron chi connectivity index (χ1n) is 9.49. The molecule has 0 amide bonds. The Morgan fingerprint density at radius 3 is 2.21 bits per heavy atom.